The average Bonchev–Trinajstić information content (AvgIpc) is 2.86. The fourth-order valence-electron chi connectivity index (χ4n) is 2.30. The molecule has 0 unspecified atom stereocenters. The molecule has 3 rings (SSSR count). The van der Waals surface area contributed by atoms with E-state index in [9.17, 15) is 0 Å². The van der Waals surface area contributed by atoms with Crippen molar-refractivity contribution in [1.82, 2.24) is 19.9 Å². The number of likely N-dealkylation sites (N-methyl/N-ethyl adjacent to an activating group) is 1. The highest BCUT2D eigenvalue weighted by Gasteiger charge is 2.16. The van der Waals surface area contributed by atoms with Crippen LogP contribution in [-0.4, -0.2) is 53.1 Å². The van der Waals surface area contributed by atoms with Crippen LogP contribution in [0.4, 0.5) is 5.95 Å². The van der Waals surface area contributed by atoms with E-state index in [2.05, 4.69) is 52.3 Å². The van der Waals surface area contributed by atoms with Crippen molar-refractivity contribution in [3.05, 3.63) is 16.1 Å². The van der Waals surface area contributed by atoms with Gasteiger partial charge in [-0.3, -0.25) is 5.43 Å². The molecule has 1 aliphatic heterocycles. The van der Waals surface area contributed by atoms with Crippen LogP contribution in [0, 0.1) is 0 Å². The van der Waals surface area contributed by atoms with Crippen molar-refractivity contribution in [1.29, 1.82) is 0 Å². The standard InChI is InChI=1S/C14H20ClN5S/c1-9(2)11-8-10-12(15)16-14(17-13(10)21-11)18-20-6-4-19(3)5-7-20/h8-9H,4-7H2,1-3H3,(H,16,17,18). The number of aromatic nitrogens is 2. The number of thiophene rings is 1. The van der Waals surface area contributed by atoms with Crippen molar-refractivity contribution in [2.24, 2.45) is 0 Å². The van der Waals surface area contributed by atoms with Gasteiger partial charge in [0, 0.05) is 36.4 Å². The third-order valence-electron chi connectivity index (χ3n) is 3.70. The van der Waals surface area contributed by atoms with E-state index in [1.165, 1.54) is 4.88 Å². The van der Waals surface area contributed by atoms with Crippen LogP contribution in [-0.2, 0) is 0 Å². The molecular formula is C14H20ClN5S. The predicted octanol–water partition coefficient (Wildman–Crippen LogP) is 3.04. The summed E-state index contributed by atoms with van der Waals surface area (Å²) < 4.78 is 0. The molecule has 0 aliphatic carbocycles. The van der Waals surface area contributed by atoms with Crippen molar-refractivity contribution in [2.45, 2.75) is 19.8 Å². The molecule has 0 spiro atoms. The molecule has 0 radical (unpaired) electrons. The van der Waals surface area contributed by atoms with Crippen LogP contribution in [0.2, 0.25) is 5.15 Å². The van der Waals surface area contributed by atoms with E-state index in [1.54, 1.807) is 11.3 Å². The zero-order valence-electron chi connectivity index (χ0n) is 12.6. The lowest BCUT2D eigenvalue weighted by atomic mass is 10.2. The second-order valence-corrected chi connectivity index (χ2v) is 7.18. The van der Waals surface area contributed by atoms with Gasteiger partial charge in [0.2, 0.25) is 5.95 Å². The molecule has 0 saturated carbocycles. The van der Waals surface area contributed by atoms with Crippen molar-refractivity contribution in [3.8, 4) is 0 Å². The van der Waals surface area contributed by atoms with E-state index in [-0.39, 0.29) is 0 Å². The summed E-state index contributed by atoms with van der Waals surface area (Å²) in [5, 5.41) is 3.63. The second-order valence-electron chi connectivity index (χ2n) is 5.76. The Labute approximate surface area is 133 Å². The number of hydrazine groups is 1. The lowest BCUT2D eigenvalue weighted by molar-refractivity contribution is 0.178. The molecule has 114 valence electrons. The maximum Gasteiger partial charge on any atom is 0.240 e. The number of halogens is 1. The Morgan fingerprint density at radius 1 is 1.24 bits per heavy atom. The summed E-state index contributed by atoms with van der Waals surface area (Å²) in [6, 6.07) is 2.10. The van der Waals surface area contributed by atoms with Crippen LogP contribution in [0.1, 0.15) is 24.6 Å². The molecule has 1 aliphatic rings. The number of anilines is 1. The van der Waals surface area contributed by atoms with Crippen LogP contribution < -0.4 is 5.43 Å². The first-order chi connectivity index (χ1) is 10.0. The average molecular weight is 326 g/mol. The van der Waals surface area contributed by atoms with Gasteiger partial charge in [-0.05, 0) is 19.0 Å². The van der Waals surface area contributed by atoms with E-state index in [0.717, 1.165) is 36.4 Å². The highest BCUT2D eigenvalue weighted by atomic mass is 35.5. The Morgan fingerprint density at radius 2 is 1.95 bits per heavy atom. The van der Waals surface area contributed by atoms with Gasteiger partial charge in [0.25, 0.3) is 0 Å². The van der Waals surface area contributed by atoms with Crippen LogP contribution in [0.5, 0.6) is 0 Å². The SMILES string of the molecule is CC(C)c1cc2c(Cl)nc(NN3CCN(C)CC3)nc2s1. The van der Waals surface area contributed by atoms with Gasteiger partial charge in [-0.15, -0.1) is 11.3 Å². The van der Waals surface area contributed by atoms with Crippen molar-refractivity contribution in [3.63, 3.8) is 0 Å². The summed E-state index contributed by atoms with van der Waals surface area (Å²) in [5.41, 5.74) is 3.28. The molecule has 5 nitrogen and oxygen atoms in total. The van der Waals surface area contributed by atoms with Crippen molar-refractivity contribution < 1.29 is 0 Å². The van der Waals surface area contributed by atoms with Crippen LogP contribution in [0.25, 0.3) is 10.2 Å². The largest absolute Gasteiger partial charge is 0.304 e. The minimum atomic E-state index is 0.481. The number of hydrogen-bond donors (Lipinski definition) is 1. The molecule has 0 atom stereocenters. The summed E-state index contributed by atoms with van der Waals surface area (Å²) in [6.07, 6.45) is 0. The molecule has 1 saturated heterocycles. The first-order valence-electron chi connectivity index (χ1n) is 7.20. The zero-order valence-corrected chi connectivity index (χ0v) is 14.1. The van der Waals surface area contributed by atoms with Crippen LogP contribution in [0.3, 0.4) is 0 Å². The van der Waals surface area contributed by atoms with Crippen molar-refractivity contribution in [2.75, 3.05) is 38.7 Å². The van der Waals surface area contributed by atoms with Gasteiger partial charge in [0.1, 0.15) is 9.98 Å². The maximum absolute atomic E-state index is 6.31. The lowest BCUT2D eigenvalue weighted by Crippen LogP contribution is -2.47. The van der Waals surface area contributed by atoms with Gasteiger partial charge < -0.3 is 4.90 Å². The summed E-state index contributed by atoms with van der Waals surface area (Å²) in [6.45, 7) is 8.35. The minimum Gasteiger partial charge on any atom is -0.304 e. The fraction of sp³-hybridized carbons (Fsp3) is 0.571. The molecule has 0 bridgehead atoms. The molecule has 21 heavy (non-hydrogen) atoms. The predicted molar refractivity (Wildman–Crippen MR) is 89.2 cm³/mol. The Hall–Kier alpha value is -0.950. The van der Waals surface area contributed by atoms with Gasteiger partial charge in [-0.1, -0.05) is 25.4 Å². The van der Waals surface area contributed by atoms with Crippen LogP contribution in [0.15, 0.2) is 6.07 Å². The second kappa shape index (κ2) is 6.04. The smallest absolute Gasteiger partial charge is 0.240 e. The minimum absolute atomic E-state index is 0.481. The third kappa shape index (κ3) is 3.29. The number of nitrogens with one attached hydrogen (secondary N) is 1. The first kappa shape index (κ1) is 15.0. The van der Waals surface area contributed by atoms with Gasteiger partial charge in [-0.2, -0.15) is 4.98 Å². The quantitative estimate of drug-likeness (QED) is 0.879. The first-order valence-corrected chi connectivity index (χ1v) is 8.39. The Kier molecular flexibility index (Phi) is 4.31. The highest BCUT2D eigenvalue weighted by Crippen LogP contribution is 2.33. The van der Waals surface area contributed by atoms with Gasteiger partial charge in [0.15, 0.2) is 0 Å². The molecule has 2 aromatic heterocycles. The molecule has 1 fully saturated rings. The number of fused-ring (bicyclic) bond motifs is 1. The number of rotatable bonds is 3. The number of hydrogen-bond acceptors (Lipinski definition) is 6. The number of nitrogens with zero attached hydrogens (tertiary/aromatic N) is 4. The van der Waals surface area contributed by atoms with E-state index in [4.69, 9.17) is 11.6 Å². The lowest BCUT2D eigenvalue weighted by Gasteiger charge is -2.32. The zero-order chi connectivity index (χ0) is 15.0. The Morgan fingerprint density at radius 3 is 2.62 bits per heavy atom. The Bertz CT molecular complexity index is 634. The molecular weight excluding hydrogens is 306 g/mol. The van der Waals surface area contributed by atoms with E-state index >= 15 is 0 Å². The van der Waals surface area contributed by atoms with E-state index in [0.29, 0.717) is 17.0 Å². The normalized spacial score (nSPS) is 17.8. The van der Waals surface area contributed by atoms with Gasteiger partial charge in [0.05, 0.1) is 0 Å². The number of piperazine rings is 1. The molecule has 1 N–H and O–H groups in total. The summed E-state index contributed by atoms with van der Waals surface area (Å²) in [7, 11) is 2.13. The molecule has 3 heterocycles. The van der Waals surface area contributed by atoms with E-state index in [1.807, 2.05) is 0 Å². The Balaban J connectivity index is 1.83. The third-order valence-corrected chi connectivity index (χ3v) is 5.31. The van der Waals surface area contributed by atoms with E-state index < -0.39 is 0 Å². The fourth-order valence-corrected chi connectivity index (χ4v) is 3.61. The molecule has 2 aromatic rings. The maximum atomic E-state index is 6.31. The highest BCUT2D eigenvalue weighted by molar-refractivity contribution is 7.18. The summed E-state index contributed by atoms with van der Waals surface area (Å²) in [4.78, 5) is 13.5. The topological polar surface area (TPSA) is 44.3 Å². The van der Waals surface area contributed by atoms with Crippen LogP contribution >= 0.6 is 22.9 Å². The summed E-state index contributed by atoms with van der Waals surface area (Å²) in [5.74, 6) is 1.07. The molecule has 0 aromatic carbocycles. The van der Waals surface area contributed by atoms with Crippen molar-refractivity contribution >= 4 is 39.1 Å². The summed E-state index contributed by atoms with van der Waals surface area (Å²) >= 11 is 8.00. The van der Waals surface area contributed by atoms with Gasteiger partial charge >= 0.3 is 0 Å². The monoisotopic (exact) mass is 325 g/mol. The molecule has 0 amide bonds. The molecule has 7 heteroatoms. The van der Waals surface area contributed by atoms with Gasteiger partial charge in [-0.25, -0.2) is 9.99 Å².